The molecule has 0 aromatic heterocycles. The van der Waals surface area contributed by atoms with E-state index < -0.39 is 0 Å². The van der Waals surface area contributed by atoms with E-state index in [-0.39, 0.29) is 12.1 Å². The van der Waals surface area contributed by atoms with E-state index in [1.54, 1.807) is 14.2 Å². The molecule has 25 heavy (non-hydrogen) atoms. The van der Waals surface area contributed by atoms with Crippen molar-refractivity contribution in [3.05, 3.63) is 53.6 Å². The Balaban J connectivity index is 1.97. The van der Waals surface area contributed by atoms with E-state index >= 15 is 0 Å². The maximum Gasteiger partial charge on any atom is 0.319 e. The lowest BCUT2D eigenvalue weighted by Gasteiger charge is -2.17. The van der Waals surface area contributed by atoms with Crippen LogP contribution in [0.5, 0.6) is 11.5 Å². The van der Waals surface area contributed by atoms with Gasteiger partial charge in [0.25, 0.3) is 0 Å². The first-order chi connectivity index (χ1) is 12.1. The Bertz CT molecular complexity index is 699. The van der Waals surface area contributed by atoms with Crippen LogP contribution in [-0.4, -0.2) is 20.3 Å². The number of amides is 2. The fraction of sp³-hybridized carbons (Fsp3) is 0.350. The van der Waals surface area contributed by atoms with Gasteiger partial charge in [0.2, 0.25) is 0 Å². The molecule has 134 valence electrons. The summed E-state index contributed by atoms with van der Waals surface area (Å²) in [7, 11) is 3.19. The van der Waals surface area contributed by atoms with Crippen LogP contribution < -0.4 is 20.1 Å². The SMILES string of the molecule is CCCc1ccc(NC(=O)NC(C)c2ccc(OC)c(OC)c2)cc1. The minimum absolute atomic E-state index is 0.167. The van der Waals surface area contributed by atoms with Gasteiger partial charge in [-0.3, -0.25) is 0 Å². The van der Waals surface area contributed by atoms with Gasteiger partial charge >= 0.3 is 6.03 Å². The van der Waals surface area contributed by atoms with Crippen molar-refractivity contribution in [1.82, 2.24) is 5.32 Å². The van der Waals surface area contributed by atoms with E-state index in [0.717, 1.165) is 24.1 Å². The van der Waals surface area contributed by atoms with Crippen LogP contribution >= 0.6 is 0 Å². The van der Waals surface area contributed by atoms with Gasteiger partial charge in [-0.1, -0.05) is 31.5 Å². The number of methoxy groups -OCH3 is 2. The molecule has 5 heteroatoms. The highest BCUT2D eigenvalue weighted by Gasteiger charge is 2.12. The van der Waals surface area contributed by atoms with Gasteiger partial charge in [-0.2, -0.15) is 0 Å². The molecule has 0 aliphatic heterocycles. The number of benzene rings is 2. The lowest BCUT2D eigenvalue weighted by molar-refractivity contribution is 0.249. The molecular weight excluding hydrogens is 316 g/mol. The van der Waals surface area contributed by atoms with Crippen LogP contribution in [0.4, 0.5) is 10.5 Å². The Hall–Kier alpha value is -2.69. The third kappa shape index (κ3) is 5.14. The predicted octanol–water partition coefficient (Wildman–Crippen LogP) is 4.54. The molecule has 0 saturated carbocycles. The first-order valence-electron chi connectivity index (χ1n) is 8.45. The summed E-state index contributed by atoms with van der Waals surface area (Å²) >= 11 is 0. The van der Waals surface area contributed by atoms with E-state index in [0.29, 0.717) is 11.5 Å². The highest BCUT2D eigenvalue weighted by atomic mass is 16.5. The summed E-state index contributed by atoms with van der Waals surface area (Å²) in [5.41, 5.74) is 2.98. The fourth-order valence-corrected chi connectivity index (χ4v) is 2.61. The molecule has 5 nitrogen and oxygen atoms in total. The van der Waals surface area contributed by atoms with E-state index in [9.17, 15) is 4.79 Å². The van der Waals surface area contributed by atoms with Gasteiger partial charge in [0.1, 0.15) is 0 Å². The highest BCUT2D eigenvalue weighted by molar-refractivity contribution is 5.89. The van der Waals surface area contributed by atoms with E-state index in [4.69, 9.17) is 9.47 Å². The minimum Gasteiger partial charge on any atom is -0.493 e. The number of carbonyl (C=O) groups is 1. The second-order valence-corrected chi connectivity index (χ2v) is 5.88. The van der Waals surface area contributed by atoms with Gasteiger partial charge in [-0.05, 0) is 48.7 Å². The van der Waals surface area contributed by atoms with Crippen LogP contribution in [0.1, 0.15) is 37.4 Å². The third-order valence-electron chi connectivity index (χ3n) is 4.01. The number of nitrogens with one attached hydrogen (secondary N) is 2. The number of hydrogen-bond acceptors (Lipinski definition) is 3. The number of ether oxygens (including phenoxy) is 2. The molecule has 0 fully saturated rings. The summed E-state index contributed by atoms with van der Waals surface area (Å²) < 4.78 is 10.5. The number of urea groups is 1. The lowest BCUT2D eigenvalue weighted by Crippen LogP contribution is -2.31. The fourth-order valence-electron chi connectivity index (χ4n) is 2.61. The summed E-state index contributed by atoms with van der Waals surface area (Å²) in [6.45, 7) is 4.07. The first-order valence-corrected chi connectivity index (χ1v) is 8.45. The third-order valence-corrected chi connectivity index (χ3v) is 4.01. The Kier molecular flexibility index (Phi) is 6.69. The van der Waals surface area contributed by atoms with Crippen LogP contribution in [0.25, 0.3) is 0 Å². The molecule has 2 amide bonds. The Morgan fingerprint density at radius 1 is 1.04 bits per heavy atom. The van der Waals surface area contributed by atoms with Crippen molar-refractivity contribution in [3.8, 4) is 11.5 Å². The maximum atomic E-state index is 12.2. The molecule has 2 N–H and O–H groups in total. The first kappa shape index (κ1) is 18.6. The number of rotatable bonds is 7. The zero-order valence-electron chi connectivity index (χ0n) is 15.3. The number of aryl methyl sites for hydroxylation is 1. The number of anilines is 1. The van der Waals surface area contributed by atoms with Crippen LogP contribution in [0.15, 0.2) is 42.5 Å². The zero-order valence-corrected chi connectivity index (χ0v) is 15.3. The molecule has 0 heterocycles. The monoisotopic (exact) mass is 342 g/mol. The van der Waals surface area contributed by atoms with Crippen LogP contribution in [0, 0.1) is 0 Å². The molecule has 0 aliphatic rings. The van der Waals surface area contributed by atoms with Gasteiger partial charge in [-0.15, -0.1) is 0 Å². The predicted molar refractivity (Wildman–Crippen MR) is 101 cm³/mol. The average molecular weight is 342 g/mol. The molecular formula is C20H26N2O3. The molecule has 0 bridgehead atoms. The molecule has 1 atom stereocenters. The van der Waals surface area contributed by atoms with Gasteiger partial charge in [0.05, 0.1) is 20.3 Å². The van der Waals surface area contributed by atoms with Crippen molar-refractivity contribution >= 4 is 11.7 Å². The Morgan fingerprint density at radius 2 is 1.72 bits per heavy atom. The van der Waals surface area contributed by atoms with Crippen molar-refractivity contribution in [2.45, 2.75) is 32.7 Å². The van der Waals surface area contributed by atoms with Crippen molar-refractivity contribution in [2.24, 2.45) is 0 Å². The molecule has 0 aliphatic carbocycles. The lowest BCUT2D eigenvalue weighted by atomic mass is 10.1. The second-order valence-electron chi connectivity index (χ2n) is 5.88. The zero-order chi connectivity index (χ0) is 18.2. The van der Waals surface area contributed by atoms with Crippen LogP contribution in [0.3, 0.4) is 0 Å². The van der Waals surface area contributed by atoms with Gasteiger partial charge in [-0.25, -0.2) is 4.79 Å². The molecule has 2 rings (SSSR count). The quantitative estimate of drug-likeness (QED) is 0.776. The summed E-state index contributed by atoms with van der Waals surface area (Å²) in [6.07, 6.45) is 2.15. The molecule has 0 spiro atoms. The van der Waals surface area contributed by atoms with Crippen molar-refractivity contribution in [2.75, 3.05) is 19.5 Å². The second kappa shape index (κ2) is 8.97. The maximum absolute atomic E-state index is 12.2. The molecule has 0 radical (unpaired) electrons. The van der Waals surface area contributed by atoms with E-state index in [2.05, 4.69) is 17.6 Å². The molecule has 1 unspecified atom stereocenters. The van der Waals surface area contributed by atoms with Crippen molar-refractivity contribution in [1.29, 1.82) is 0 Å². The smallest absolute Gasteiger partial charge is 0.319 e. The Labute approximate surface area is 149 Å². The van der Waals surface area contributed by atoms with Gasteiger partial charge in [0, 0.05) is 5.69 Å². The van der Waals surface area contributed by atoms with E-state index in [1.807, 2.05) is 49.4 Å². The van der Waals surface area contributed by atoms with Crippen LogP contribution in [-0.2, 0) is 6.42 Å². The largest absolute Gasteiger partial charge is 0.493 e. The average Bonchev–Trinajstić information content (AvgIpc) is 2.62. The molecule has 0 saturated heterocycles. The Morgan fingerprint density at radius 3 is 2.32 bits per heavy atom. The summed E-state index contributed by atoms with van der Waals surface area (Å²) in [6, 6.07) is 13.1. The van der Waals surface area contributed by atoms with Gasteiger partial charge in [0.15, 0.2) is 11.5 Å². The summed E-state index contributed by atoms with van der Waals surface area (Å²) in [5, 5.41) is 5.78. The standard InChI is InChI=1S/C20H26N2O3/c1-5-6-15-7-10-17(11-8-15)22-20(23)21-14(2)16-9-12-18(24-3)19(13-16)25-4/h7-14H,5-6H2,1-4H3,(H2,21,22,23). The van der Waals surface area contributed by atoms with E-state index in [1.165, 1.54) is 5.56 Å². The normalized spacial score (nSPS) is 11.5. The van der Waals surface area contributed by atoms with Crippen molar-refractivity contribution < 1.29 is 14.3 Å². The number of carbonyl (C=O) groups excluding carboxylic acids is 1. The summed E-state index contributed by atoms with van der Waals surface area (Å²) in [5.74, 6) is 1.30. The molecule has 2 aromatic carbocycles. The number of hydrogen-bond donors (Lipinski definition) is 2. The van der Waals surface area contributed by atoms with Crippen LogP contribution in [0.2, 0.25) is 0 Å². The van der Waals surface area contributed by atoms with Crippen molar-refractivity contribution in [3.63, 3.8) is 0 Å². The highest BCUT2D eigenvalue weighted by Crippen LogP contribution is 2.29. The van der Waals surface area contributed by atoms with Gasteiger partial charge < -0.3 is 20.1 Å². The topological polar surface area (TPSA) is 59.6 Å². The molecule has 2 aromatic rings. The summed E-state index contributed by atoms with van der Waals surface area (Å²) in [4.78, 5) is 12.2. The minimum atomic E-state index is -0.245.